The number of ether oxygens (including phenoxy) is 2. The van der Waals surface area contributed by atoms with Crippen LogP contribution in [-0.2, 0) is 19.1 Å². The molecule has 1 aliphatic rings. The molecule has 7 nitrogen and oxygen atoms in total. The maximum absolute atomic E-state index is 12.8. The quantitative estimate of drug-likeness (QED) is 0.799. The van der Waals surface area contributed by atoms with E-state index < -0.39 is 29.5 Å². The molecule has 1 aliphatic heterocycles. The van der Waals surface area contributed by atoms with Crippen molar-refractivity contribution in [1.82, 2.24) is 10.2 Å². The van der Waals surface area contributed by atoms with E-state index in [-0.39, 0.29) is 25.0 Å². The van der Waals surface area contributed by atoms with Crippen molar-refractivity contribution in [3.8, 4) is 0 Å². The number of rotatable bonds is 4. The third kappa shape index (κ3) is 5.97. The van der Waals surface area contributed by atoms with E-state index >= 15 is 0 Å². The number of hydrogen-bond donors (Lipinski definition) is 1. The third-order valence-corrected chi connectivity index (χ3v) is 4.67. The van der Waals surface area contributed by atoms with Crippen LogP contribution >= 0.6 is 0 Å². The van der Waals surface area contributed by atoms with Gasteiger partial charge in [0.25, 0.3) is 0 Å². The number of carbonyl (C=O) groups excluding carboxylic acids is 3. The SMILES string of the molecule is COC(=O)[C@@H]1C[C@H](C(=O)N[C@H](C)c2ccccc2)CN(C(=O)OC(C)(C)C)C1. The van der Waals surface area contributed by atoms with Gasteiger partial charge in [0.05, 0.1) is 25.0 Å². The van der Waals surface area contributed by atoms with E-state index in [4.69, 9.17) is 9.47 Å². The molecule has 0 unspecified atom stereocenters. The number of amides is 2. The summed E-state index contributed by atoms with van der Waals surface area (Å²) < 4.78 is 10.3. The molecular formula is C21H30N2O5. The highest BCUT2D eigenvalue weighted by Gasteiger charge is 2.39. The van der Waals surface area contributed by atoms with Crippen molar-refractivity contribution in [3.05, 3.63) is 35.9 Å². The monoisotopic (exact) mass is 390 g/mol. The van der Waals surface area contributed by atoms with E-state index in [1.807, 2.05) is 37.3 Å². The molecule has 0 spiro atoms. The van der Waals surface area contributed by atoms with Gasteiger partial charge in [0.15, 0.2) is 0 Å². The van der Waals surface area contributed by atoms with Gasteiger partial charge in [-0.1, -0.05) is 30.3 Å². The average Bonchev–Trinajstić information content (AvgIpc) is 2.66. The summed E-state index contributed by atoms with van der Waals surface area (Å²) in [7, 11) is 1.31. The summed E-state index contributed by atoms with van der Waals surface area (Å²) >= 11 is 0. The molecule has 1 heterocycles. The summed E-state index contributed by atoms with van der Waals surface area (Å²) in [6, 6.07) is 9.44. The molecule has 0 radical (unpaired) electrons. The molecule has 1 saturated heterocycles. The zero-order valence-electron chi connectivity index (χ0n) is 17.2. The second-order valence-corrected chi connectivity index (χ2v) is 8.18. The first-order valence-electron chi connectivity index (χ1n) is 9.51. The van der Waals surface area contributed by atoms with Crippen LogP contribution < -0.4 is 5.32 Å². The molecule has 2 amide bonds. The maximum atomic E-state index is 12.8. The fraction of sp³-hybridized carbons (Fsp3) is 0.571. The first kappa shape index (κ1) is 21.7. The van der Waals surface area contributed by atoms with Crippen molar-refractivity contribution in [2.45, 2.75) is 45.8 Å². The number of carbonyl (C=O) groups is 3. The highest BCUT2D eigenvalue weighted by molar-refractivity contribution is 5.82. The van der Waals surface area contributed by atoms with E-state index in [0.29, 0.717) is 6.42 Å². The predicted octanol–water partition coefficient (Wildman–Crippen LogP) is 2.91. The minimum atomic E-state index is -0.658. The molecule has 1 aromatic carbocycles. The largest absolute Gasteiger partial charge is 0.469 e. The standard InChI is InChI=1S/C21H30N2O5/c1-14(15-9-7-6-8-10-15)22-18(24)16-11-17(19(25)27-5)13-23(12-16)20(26)28-21(2,3)4/h6-10,14,16-17H,11-13H2,1-5H3,(H,22,24)/t14-,16+,17-/m1/s1. The van der Waals surface area contributed by atoms with Crippen LogP contribution in [-0.4, -0.2) is 48.7 Å². The van der Waals surface area contributed by atoms with Gasteiger partial charge < -0.3 is 19.7 Å². The lowest BCUT2D eigenvalue weighted by molar-refractivity contribution is -0.148. The molecule has 28 heavy (non-hydrogen) atoms. The van der Waals surface area contributed by atoms with E-state index in [9.17, 15) is 14.4 Å². The fourth-order valence-corrected chi connectivity index (χ4v) is 3.26. The molecule has 1 aromatic rings. The lowest BCUT2D eigenvalue weighted by Crippen LogP contribution is -2.51. The number of benzene rings is 1. The molecule has 1 N–H and O–H groups in total. The van der Waals surface area contributed by atoms with Crippen molar-refractivity contribution in [2.24, 2.45) is 11.8 Å². The van der Waals surface area contributed by atoms with Gasteiger partial charge >= 0.3 is 12.1 Å². The summed E-state index contributed by atoms with van der Waals surface area (Å²) in [6.45, 7) is 7.62. The number of likely N-dealkylation sites (tertiary alicyclic amines) is 1. The molecule has 1 fully saturated rings. The summed E-state index contributed by atoms with van der Waals surface area (Å²) in [5.41, 5.74) is 0.328. The Morgan fingerprint density at radius 2 is 1.71 bits per heavy atom. The number of hydrogen-bond acceptors (Lipinski definition) is 5. The lowest BCUT2D eigenvalue weighted by atomic mass is 9.88. The van der Waals surface area contributed by atoms with Crippen LogP contribution in [0.1, 0.15) is 45.7 Å². The Morgan fingerprint density at radius 3 is 2.29 bits per heavy atom. The summed E-state index contributed by atoms with van der Waals surface area (Å²) in [4.78, 5) is 38.9. The average molecular weight is 390 g/mol. The topological polar surface area (TPSA) is 84.9 Å². The van der Waals surface area contributed by atoms with Gasteiger partial charge in [-0.05, 0) is 39.7 Å². The van der Waals surface area contributed by atoms with Crippen LogP contribution in [0.5, 0.6) is 0 Å². The number of methoxy groups -OCH3 is 1. The van der Waals surface area contributed by atoms with Crippen LogP contribution in [0.3, 0.4) is 0 Å². The van der Waals surface area contributed by atoms with Gasteiger partial charge in [-0.15, -0.1) is 0 Å². The minimum absolute atomic E-state index is 0.179. The first-order valence-corrected chi connectivity index (χ1v) is 9.51. The van der Waals surface area contributed by atoms with Crippen LogP contribution in [0.2, 0.25) is 0 Å². The Kier molecular flexibility index (Phi) is 7.05. The lowest BCUT2D eigenvalue weighted by Gasteiger charge is -2.37. The normalized spacial score (nSPS) is 20.8. The van der Waals surface area contributed by atoms with Gasteiger partial charge in [0, 0.05) is 13.1 Å². The number of nitrogens with zero attached hydrogens (tertiary/aromatic N) is 1. The smallest absolute Gasteiger partial charge is 0.410 e. The van der Waals surface area contributed by atoms with Gasteiger partial charge in [-0.3, -0.25) is 9.59 Å². The summed E-state index contributed by atoms with van der Waals surface area (Å²) in [6.07, 6.45) is -0.200. The van der Waals surface area contributed by atoms with Gasteiger partial charge in [0.1, 0.15) is 5.60 Å². The van der Waals surface area contributed by atoms with Crippen LogP contribution in [0.15, 0.2) is 30.3 Å². The van der Waals surface area contributed by atoms with E-state index in [1.54, 1.807) is 20.8 Å². The number of piperidine rings is 1. The Morgan fingerprint density at radius 1 is 1.11 bits per heavy atom. The molecule has 7 heteroatoms. The van der Waals surface area contributed by atoms with E-state index in [0.717, 1.165) is 5.56 Å². The molecule has 2 rings (SSSR count). The summed E-state index contributed by atoms with van der Waals surface area (Å²) in [5, 5.41) is 2.98. The Labute approximate surface area is 166 Å². The molecule has 3 atom stereocenters. The van der Waals surface area contributed by atoms with Crippen molar-refractivity contribution < 1.29 is 23.9 Å². The van der Waals surface area contributed by atoms with E-state index in [2.05, 4.69) is 5.32 Å². The molecule has 154 valence electrons. The van der Waals surface area contributed by atoms with Crippen molar-refractivity contribution in [2.75, 3.05) is 20.2 Å². The zero-order chi connectivity index (χ0) is 20.9. The highest BCUT2D eigenvalue weighted by atomic mass is 16.6. The number of esters is 1. The van der Waals surface area contributed by atoms with Crippen molar-refractivity contribution >= 4 is 18.0 Å². The Bertz CT molecular complexity index is 698. The van der Waals surface area contributed by atoms with E-state index in [1.165, 1.54) is 12.0 Å². The van der Waals surface area contributed by atoms with Gasteiger partial charge in [-0.2, -0.15) is 0 Å². The third-order valence-electron chi connectivity index (χ3n) is 4.67. The van der Waals surface area contributed by atoms with Gasteiger partial charge in [0.2, 0.25) is 5.91 Å². The van der Waals surface area contributed by atoms with Crippen LogP contribution in [0.25, 0.3) is 0 Å². The molecule has 0 aliphatic carbocycles. The maximum Gasteiger partial charge on any atom is 0.410 e. The second kappa shape index (κ2) is 9.08. The first-order chi connectivity index (χ1) is 13.1. The minimum Gasteiger partial charge on any atom is -0.469 e. The Hall–Kier alpha value is -2.57. The van der Waals surface area contributed by atoms with Crippen LogP contribution in [0.4, 0.5) is 4.79 Å². The molecule has 0 saturated carbocycles. The Balaban J connectivity index is 2.11. The fourth-order valence-electron chi connectivity index (χ4n) is 3.26. The van der Waals surface area contributed by atoms with Crippen molar-refractivity contribution in [1.29, 1.82) is 0 Å². The van der Waals surface area contributed by atoms with Gasteiger partial charge in [-0.25, -0.2) is 4.79 Å². The molecule has 0 aromatic heterocycles. The summed E-state index contributed by atoms with van der Waals surface area (Å²) in [5.74, 6) is -1.70. The van der Waals surface area contributed by atoms with Crippen LogP contribution in [0, 0.1) is 11.8 Å². The molecule has 0 bridgehead atoms. The highest BCUT2D eigenvalue weighted by Crippen LogP contribution is 2.26. The van der Waals surface area contributed by atoms with Crippen molar-refractivity contribution in [3.63, 3.8) is 0 Å². The molecular weight excluding hydrogens is 360 g/mol. The zero-order valence-corrected chi connectivity index (χ0v) is 17.2. The number of nitrogens with one attached hydrogen (secondary N) is 1. The second-order valence-electron chi connectivity index (χ2n) is 8.18. The predicted molar refractivity (Wildman–Crippen MR) is 104 cm³/mol.